The molecule has 0 bridgehead atoms. The fraction of sp³-hybridized carbons (Fsp3) is 0.385. The molecule has 23 heavy (non-hydrogen) atoms. The summed E-state index contributed by atoms with van der Waals surface area (Å²) in [6.07, 6.45) is 2.53. The number of imide groups is 1. The minimum Gasteiger partial charge on any atom is -0.464 e. The Morgan fingerprint density at radius 3 is 2.61 bits per heavy atom. The first-order chi connectivity index (χ1) is 10.7. The van der Waals surface area contributed by atoms with E-state index in [9.17, 15) is 14.7 Å². The van der Waals surface area contributed by atoms with Crippen LogP contribution >= 0.6 is 27.7 Å². The summed E-state index contributed by atoms with van der Waals surface area (Å²) in [5.41, 5.74) is -0.383. The molecule has 1 N–H and O–H groups in total. The number of thioether (sulfide) groups is 1. The Bertz CT molecular complexity index is 771. The van der Waals surface area contributed by atoms with E-state index in [1.165, 1.54) is 11.8 Å². The number of anilines is 1. The maximum Gasteiger partial charge on any atom is 0.425 e. The molecule has 0 fully saturated rings. The van der Waals surface area contributed by atoms with E-state index in [1.54, 1.807) is 43.8 Å². The molecular weight excluding hydrogens is 388 g/mol. The van der Waals surface area contributed by atoms with Gasteiger partial charge in [-0.05, 0) is 43.0 Å². The van der Waals surface area contributed by atoms with Crippen molar-refractivity contribution in [3.63, 3.8) is 0 Å². The maximum absolute atomic E-state index is 12.3. The van der Waals surface area contributed by atoms with Crippen molar-refractivity contribution in [3.05, 3.63) is 16.9 Å². The highest BCUT2D eigenvalue weighted by atomic mass is 79.9. The lowest BCUT2D eigenvalue weighted by Gasteiger charge is -2.24. The fourth-order valence-electron chi connectivity index (χ4n) is 1.77. The molecule has 2 amide bonds. The predicted octanol–water partition coefficient (Wildman–Crippen LogP) is 3.63. The van der Waals surface area contributed by atoms with Gasteiger partial charge in [0.25, 0.3) is 0 Å². The van der Waals surface area contributed by atoms with Crippen LogP contribution < -0.4 is 4.90 Å². The molecule has 0 radical (unpaired) electrons. The number of amides is 2. The van der Waals surface area contributed by atoms with Crippen LogP contribution in [0.2, 0.25) is 0 Å². The van der Waals surface area contributed by atoms with Crippen molar-refractivity contribution in [1.82, 2.24) is 14.4 Å². The lowest BCUT2D eigenvalue weighted by atomic mass is 10.2. The molecule has 0 atom stereocenters. The Morgan fingerprint density at radius 2 is 2.09 bits per heavy atom. The zero-order chi connectivity index (χ0) is 17.4. The van der Waals surface area contributed by atoms with Crippen molar-refractivity contribution in [1.29, 1.82) is 0 Å². The van der Waals surface area contributed by atoms with Crippen molar-refractivity contribution < 1.29 is 19.4 Å². The molecule has 0 saturated heterocycles. The molecule has 124 valence electrons. The first-order valence-corrected chi connectivity index (χ1v) is 8.50. The highest BCUT2D eigenvalue weighted by Crippen LogP contribution is 2.32. The highest BCUT2D eigenvalue weighted by Gasteiger charge is 2.32. The van der Waals surface area contributed by atoms with Crippen LogP contribution in [-0.2, 0) is 4.74 Å². The van der Waals surface area contributed by atoms with E-state index < -0.39 is 17.8 Å². The number of nitrogens with zero attached hydrogens (tertiary/aromatic N) is 4. The Balaban J connectivity index is 2.60. The van der Waals surface area contributed by atoms with E-state index in [1.807, 2.05) is 0 Å². The molecule has 8 nitrogen and oxygen atoms in total. The predicted molar refractivity (Wildman–Crippen MR) is 89.2 cm³/mol. The third-order valence-corrected chi connectivity index (χ3v) is 3.97. The largest absolute Gasteiger partial charge is 0.464 e. The van der Waals surface area contributed by atoms with Crippen molar-refractivity contribution in [2.75, 3.05) is 11.2 Å². The summed E-state index contributed by atoms with van der Waals surface area (Å²) in [5.74, 6) is -0.0881. The second kappa shape index (κ2) is 6.36. The Morgan fingerprint density at radius 1 is 1.43 bits per heavy atom. The first-order valence-electron chi connectivity index (χ1n) is 6.48. The quantitative estimate of drug-likeness (QED) is 0.604. The van der Waals surface area contributed by atoms with Gasteiger partial charge in [-0.1, -0.05) is 11.8 Å². The summed E-state index contributed by atoms with van der Waals surface area (Å²) < 4.78 is 7.12. The molecular formula is C13H15BrN4O4S. The van der Waals surface area contributed by atoms with E-state index in [0.29, 0.717) is 15.7 Å². The molecule has 10 heteroatoms. The van der Waals surface area contributed by atoms with Gasteiger partial charge in [0.05, 0.1) is 0 Å². The molecule has 2 aromatic rings. The lowest BCUT2D eigenvalue weighted by molar-refractivity contribution is 0.0580. The summed E-state index contributed by atoms with van der Waals surface area (Å²) in [5, 5.41) is 9.93. The van der Waals surface area contributed by atoms with Crippen LogP contribution in [-0.4, -0.2) is 43.5 Å². The number of ether oxygens (including phenoxy) is 1. The van der Waals surface area contributed by atoms with Crippen LogP contribution in [0.4, 0.5) is 15.4 Å². The topological polar surface area (TPSA) is 97.0 Å². The van der Waals surface area contributed by atoms with Gasteiger partial charge in [-0.25, -0.2) is 19.6 Å². The number of hydrogen-bond acceptors (Lipinski definition) is 6. The van der Waals surface area contributed by atoms with Gasteiger partial charge in [-0.15, -0.1) is 0 Å². The maximum atomic E-state index is 12.3. The summed E-state index contributed by atoms with van der Waals surface area (Å²) in [6, 6.07) is 0. The lowest BCUT2D eigenvalue weighted by Crippen LogP contribution is -2.41. The van der Waals surface area contributed by atoms with Crippen LogP contribution in [0, 0.1) is 0 Å². The van der Waals surface area contributed by atoms with Gasteiger partial charge in [-0.3, -0.25) is 4.40 Å². The molecule has 2 aromatic heterocycles. The van der Waals surface area contributed by atoms with E-state index >= 15 is 0 Å². The molecule has 0 spiro atoms. The van der Waals surface area contributed by atoms with E-state index in [-0.39, 0.29) is 10.3 Å². The Kier molecular flexibility index (Phi) is 4.85. The van der Waals surface area contributed by atoms with Crippen molar-refractivity contribution in [2.24, 2.45) is 0 Å². The van der Waals surface area contributed by atoms with Crippen molar-refractivity contribution >= 4 is 51.3 Å². The molecule has 0 aliphatic heterocycles. The molecule has 2 rings (SSSR count). The summed E-state index contributed by atoms with van der Waals surface area (Å²) >= 11 is 4.57. The van der Waals surface area contributed by atoms with Gasteiger partial charge < -0.3 is 9.84 Å². The number of carbonyl (C=O) groups excluding carboxylic acids is 1. The first kappa shape index (κ1) is 17.5. The van der Waals surface area contributed by atoms with Gasteiger partial charge in [0.15, 0.2) is 16.6 Å². The van der Waals surface area contributed by atoms with Crippen LogP contribution in [0.5, 0.6) is 0 Å². The van der Waals surface area contributed by atoms with Crippen LogP contribution in [0.1, 0.15) is 20.8 Å². The van der Waals surface area contributed by atoms with Crippen LogP contribution in [0.3, 0.4) is 0 Å². The van der Waals surface area contributed by atoms with Gasteiger partial charge in [0.2, 0.25) is 0 Å². The average Bonchev–Trinajstić information content (AvgIpc) is 2.89. The minimum absolute atomic E-state index is 0.0881. The summed E-state index contributed by atoms with van der Waals surface area (Å²) in [7, 11) is 0. The second-order valence-electron chi connectivity index (χ2n) is 5.46. The highest BCUT2D eigenvalue weighted by molar-refractivity contribution is 9.10. The molecule has 2 heterocycles. The Hall–Kier alpha value is -1.81. The Labute approximate surface area is 145 Å². The molecule has 0 aliphatic carbocycles. The third-order valence-electron chi connectivity index (χ3n) is 2.60. The van der Waals surface area contributed by atoms with Gasteiger partial charge >= 0.3 is 12.2 Å². The number of halogens is 1. The van der Waals surface area contributed by atoms with E-state index in [4.69, 9.17) is 4.74 Å². The smallest absolute Gasteiger partial charge is 0.425 e. The van der Waals surface area contributed by atoms with Crippen molar-refractivity contribution in [3.8, 4) is 0 Å². The van der Waals surface area contributed by atoms with Crippen molar-refractivity contribution in [2.45, 2.75) is 31.5 Å². The third kappa shape index (κ3) is 3.58. The summed E-state index contributed by atoms with van der Waals surface area (Å²) in [6.45, 7) is 4.95. The van der Waals surface area contributed by atoms with Gasteiger partial charge in [0.1, 0.15) is 10.1 Å². The number of aromatic nitrogens is 3. The summed E-state index contributed by atoms with van der Waals surface area (Å²) in [4.78, 5) is 32.7. The number of rotatable bonds is 2. The number of imidazole rings is 1. The second-order valence-corrected chi connectivity index (χ2v) is 7.02. The number of carboxylic acid groups (broad SMARTS) is 1. The number of carbonyl (C=O) groups is 2. The zero-order valence-electron chi connectivity index (χ0n) is 12.9. The molecule has 0 saturated carbocycles. The fourth-order valence-corrected chi connectivity index (χ4v) is 2.85. The zero-order valence-corrected chi connectivity index (χ0v) is 15.3. The molecule has 0 aromatic carbocycles. The molecule has 0 unspecified atom stereocenters. The monoisotopic (exact) mass is 402 g/mol. The normalized spacial score (nSPS) is 11.5. The van der Waals surface area contributed by atoms with Crippen LogP contribution in [0.25, 0.3) is 5.65 Å². The van der Waals surface area contributed by atoms with E-state index in [0.717, 1.165) is 0 Å². The van der Waals surface area contributed by atoms with Gasteiger partial charge in [0, 0.05) is 12.4 Å². The number of hydrogen-bond donors (Lipinski definition) is 1. The minimum atomic E-state index is -1.49. The molecule has 0 aliphatic rings. The average molecular weight is 403 g/mol. The van der Waals surface area contributed by atoms with Gasteiger partial charge in [-0.2, -0.15) is 4.90 Å². The van der Waals surface area contributed by atoms with E-state index in [2.05, 4.69) is 25.9 Å². The van der Waals surface area contributed by atoms with Crippen LogP contribution in [0.15, 0.2) is 22.0 Å². The number of fused-ring (bicyclic) bond motifs is 1. The SMILES string of the molecule is CSc1nc(N(C(=O)O)C(=O)OC(C)(C)C)c(Br)c2nccn12. The standard InChI is InChI=1S/C13H15BrN4O4S/c1-13(2,3)22-12(21)18(11(19)20)9-7(14)8-15-5-6-17(8)10(16-9)23-4/h5-6H,1-4H3,(H,19,20).